The zero-order valence-electron chi connectivity index (χ0n) is 5.81. The maximum atomic E-state index is 11.7. The first-order valence-electron chi connectivity index (χ1n) is 2.75. The second kappa shape index (κ2) is 3.56. The SMILES string of the molecule is COC(CC(N)=O)C(F)(F)F. The second-order valence-electron chi connectivity index (χ2n) is 1.94. The number of alkyl halides is 3. The Labute approximate surface area is 61.3 Å². The summed E-state index contributed by atoms with van der Waals surface area (Å²) >= 11 is 0. The van der Waals surface area contributed by atoms with Crippen LogP contribution in [0, 0.1) is 0 Å². The number of halogens is 3. The highest BCUT2D eigenvalue weighted by Gasteiger charge is 2.40. The number of carbonyl (C=O) groups excluding carboxylic acids is 1. The average molecular weight is 171 g/mol. The molecule has 0 spiro atoms. The van der Waals surface area contributed by atoms with Gasteiger partial charge >= 0.3 is 6.18 Å². The zero-order chi connectivity index (χ0) is 9.07. The van der Waals surface area contributed by atoms with Crippen molar-refractivity contribution in [1.29, 1.82) is 0 Å². The van der Waals surface area contributed by atoms with Gasteiger partial charge in [-0.25, -0.2) is 0 Å². The fraction of sp³-hybridized carbons (Fsp3) is 0.800. The van der Waals surface area contributed by atoms with Gasteiger partial charge in [-0.05, 0) is 0 Å². The molecule has 1 amide bonds. The minimum absolute atomic E-state index is 0.833. The third kappa shape index (κ3) is 3.82. The van der Waals surface area contributed by atoms with Crippen LogP contribution in [0.4, 0.5) is 13.2 Å². The minimum atomic E-state index is -4.52. The third-order valence-electron chi connectivity index (χ3n) is 1.04. The molecule has 66 valence electrons. The van der Waals surface area contributed by atoms with Gasteiger partial charge in [-0.2, -0.15) is 13.2 Å². The molecular weight excluding hydrogens is 163 g/mol. The Morgan fingerprint density at radius 3 is 2.18 bits per heavy atom. The molecule has 0 heterocycles. The first kappa shape index (κ1) is 10.2. The van der Waals surface area contributed by atoms with Crippen LogP contribution in [-0.2, 0) is 9.53 Å². The van der Waals surface area contributed by atoms with Gasteiger partial charge in [0.25, 0.3) is 0 Å². The Morgan fingerprint density at radius 1 is 1.64 bits per heavy atom. The average Bonchev–Trinajstić information content (AvgIpc) is 1.79. The molecule has 6 heteroatoms. The molecule has 0 saturated carbocycles. The first-order valence-corrected chi connectivity index (χ1v) is 2.75. The van der Waals surface area contributed by atoms with Gasteiger partial charge < -0.3 is 10.5 Å². The molecule has 2 N–H and O–H groups in total. The van der Waals surface area contributed by atoms with Gasteiger partial charge in [0.05, 0.1) is 6.42 Å². The molecule has 0 aromatic rings. The van der Waals surface area contributed by atoms with Gasteiger partial charge in [-0.3, -0.25) is 4.79 Å². The number of methoxy groups -OCH3 is 1. The van der Waals surface area contributed by atoms with E-state index in [4.69, 9.17) is 0 Å². The third-order valence-corrected chi connectivity index (χ3v) is 1.04. The highest BCUT2D eigenvalue weighted by Crippen LogP contribution is 2.24. The number of hydrogen-bond acceptors (Lipinski definition) is 2. The van der Waals surface area contributed by atoms with Crippen LogP contribution in [0.1, 0.15) is 6.42 Å². The van der Waals surface area contributed by atoms with E-state index in [0.29, 0.717) is 0 Å². The predicted molar refractivity (Wildman–Crippen MR) is 30.7 cm³/mol. The first-order chi connectivity index (χ1) is 4.88. The Hall–Kier alpha value is -0.780. The van der Waals surface area contributed by atoms with Crippen LogP contribution in [-0.4, -0.2) is 25.3 Å². The van der Waals surface area contributed by atoms with Crippen molar-refractivity contribution in [2.75, 3.05) is 7.11 Å². The van der Waals surface area contributed by atoms with E-state index in [9.17, 15) is 18.0 Å². The van der Waals surface area contributed by atoms with Gasteiger partial charge in [-0.15, -0.1) is 0 Å². The summed E-state index contributed by atoms with van der Waals surface area (Å²) in [6, 6.07) is 0. The maximum absolute atomic E-state index is 11.7. The zero-order valence-corrected chi connectivity index (χ0v) is 5.81. The monoisotopic (exact) mass is 171 g/mol. The lowest BCUT2D eigenvalue weighted by atomic mass is 10.2. The van der Waals surface area contributed by atoms with Crippen molar-refractivity contribution in [1.82, 2.24) is 0 Å². The lowest BCUT2D eigenvalue weighted by Crippen LogP contribution is -2.34. The van der Waals surface area contributed by atoms with Crippen molar-refractivity contribution >= 4 is 5.91 Å². The summed E-state index contributed by atoms with van der Waals surface area (Å²) in [7, 11) is 0.876. The number of hydrogen-bond donors (Lipinski definition) is 1. The molecule has 0 aromatic carbocycles. The van der Waals surface area contributed by atoms with E-state index in [1.807, 2.05) is 0 Å². The van der Waals surface area contributed by atoms with Crippen molar-refractivity contribution < 1.29 is 22.7 Å². The second-order valence-corrected chi connectivity index (χ2v) is 1.94. The number of ether oxygens (including phenoxy) is 1. The summed E-state index contributed by atoms with van der Waals surface area (Å²) < 4.78 is 39.2. The van der Waals surface area contributed by atoms with Crippen LogP contribution in [0.3, 0.4) is 0 Å². The molecule has 0 saturated heterocycles. The van der Waals surface area contributed by atoms with Gasteiger partial charge in [0, 0.05) is 7.11 Å². The molecule has 0 bridgehead atoms. The topological polar surface area (TPSA) is 52.3 Å². The van der Waals surface area contributed by atoms with Crippen LogP contribution in [0.15, 0.2) is 0 Å². The Bertz CT molecular complexity index is 145. The fourth-order valence-corrected chi connectivity index (χ4v) is 0.515. The van der Waals surface area contributed by atoms with E-state index in [2.05, 4.69) is 10.5 Å². The molecule has 3 nitrogen and oxygen atoms in total. The van der Waals surface area contributed by atoms with Gasteiger partial charge in [0.15, 0.2) is 6.10 Å². The number of primary amides is 1. The highest BCUT2D eigenvalue weighted by atomic mass is 19.4. The van der Waals surface area contributed by atoms with Gasteiger partial charge in [0.2, 0.25) is 5.91 Å². The predicted octanol–water partition coefficient (Wildman–Crippen LogP) is 0.439. The molecule has 1 unspecified atom stereocenters. The highest BCUT2D eigenvalue weighted by molar-refractivity contribution is 5.74. The summed E-state index contributed by atoms with van der Waals surface area (Å²) in [5.41, 5.74) is 4.55. The Balaban J connectivity index is 4.07. The molecule has 0 fully saturated rings. The maximum Gasteiger partial charge on any atom is 0.415 e. The van der Waals surface area contributed by atoms with Gasteiger partial charge in [-0.1, -0.05) is 0 Å². The smallest absolute Gasteiger partial charge is 0.371 e. The van der Waals surface area contributed by atoms with E-state index in [1.165, 1.54) is 0 Å². The van der Waals surface area contributed by atoms with E-state index >= 15 is 0 Å². The van der Waals surface area contributed by atoms with E-state index in [0.717, 1.165) is 7.11 Å². The largest absolute Gasteiger partial charge is 0.415 e. The lowest BCUT2D eigenvalue weighted by Gasteiger charge is -2.16. The molecule has 0 aromatic heterocycles. The molecule has 0 rings (SSSR count). The van der Waals surface area contributed by atoms with Crippen LogP contribution in [0.2, 0.25) is 0 Å². The molecule has 0 aliphatic heterocycles. The number of amides is 1. The summed E-state index contributed by atoms with van der Waals surface area (Å²) in [5, 5.41) is 0. The van der Waals surface area contributed by atoms with Crippen LogP contribution in [0.25, 0.3) is 0 Å². The van der Waals surface area contributed by atoms with Crippen LogP contribution >= 0.6 is 0 Å². The van der Waals surface area contributed by atoms with Crippen molar-refractivity contribution in [3.8, 4) is 0 Å². The summed E-state index contributed by atoms with van der Waals surface area (Å²) in [4.78, 5) is 10.1. The minimum Gasteiger partial charge on any atom is -0.371 e. The van der Waals surface area contributed by atoms with E-state index < -0.39 is 24.6 Å². The normalized spacial score (nSPS) is 14.5. The van der Waals surface area contributed by atoms with Crippen LogP contribution in [0.5, 0.6) is 0 Å². The number of carbonyl (C=O) groups is 1. The van der Waals surface area contributed by atoms with Crippen molar-refractivity contribution in [2.24, 2.45) is 5.73 Å². The summed E-state index contributed by atoms with van der Waals surface area (Å²) in [6.07, 6.45) is -7.44. The molecule has 11 heavy (non-hydrogen) atoms. The fourth-order valence-electron chi connectivity index (χ4n) is 0.515. The number of nitrogens with two attached hydrogens (primary N) is 1. The molecule has 0 aliphatic rings. The van der Waals surface area contributed by atoms with Crippen molar-refractivity contribution in [2.45, 2.75) is 18.7 Å². The number of rotatable bonds is 3. The molecular formula is C5H8F3NO2. The van der Waals surface area contributed by atoms with E-state index in [1.54, 1.807) is 0 Å². The standard InChI is InChI=1S/C5H8F3NO2/c1-11-3(2-4(9)10)5(6,7)8/h3H,2H2,1H3,(H2,9,10). The van der Waals surface area contributed by atoms with Crippen molar-refractivity contribution in [3.63, 3.8) is 0 Å². The Morgan fingerprint density at radius 2 is 2.09 bits per heavy atom. The molecule has 0 radical (unpaired) electrons. The van der Waals surface area contributed by atoms with Crippen molar-refractivity contribution in [3.05, 3.63) is 0 Å². The molecule has 0 aliphatic carbocycles. The summed E-state index contributed by atoms with van der Waals surface area (Å²) in [5.74, 6) is -1.03. The molecule has 1 atom stereocenters. The summed E-state index contributed by atoms with van der Waals surface area (Å²) in [6.45, 7) is 0. The Kier molecular flexibility index (Phi) is 3.31. The van der Waals surface area contributed by atoms with E-state index in [-0.39, 0.29) is 0 Å². The van der Waals surface area contributed by atoms with Crippen LogP contribution < -0.4 is 5.73 Å². The van der Waals surface area contributed by atoms with Gasteiger partial charge in [0.1, 0.15) is 0 Å². The quantitative estimate of drug-likeness (QED) is 0.669. The lowest BCUT2D eigenvalue weighted by molar-refractivity contribution is -0.214.